The van der Waals surface area contributed by atoms with Crippen LogP contribution in [0.2, 0.25) is 0 Å². The molecule has 0 aromatic carbocycles. The Kier molecular flexibility index (Phi) is 5.49. The van der Waals surface area contributed by atoms with Crippen molar-refractivity contribution in [3.63, 3.8) is 0 Å². The number of methoxy groups -OCH3 is 1. The molecule has 1 amide bonds. The number of pyridine rings is 2. The topological polar surface area (TPSA) is 93.2 Å². The van der Waals surface area contributed by atoms with Gasteiger partial charge in [0.25, 0.3) is 0 Å². The number of hydrogen-bond donors (Lipinski definition) is 2. The number of amides is 1. The van der Waals surface area contributed by atoms with E-state index >= 15 is 0 Å². The number of ether oxygens (including phenoxy) is 1. The maximum absolute atomic E-state index is 12.9. The smallest absolute Gasteiger partial charge is 0.339 e. The third kappa shape index (κ3) is 3.16. The van der Waals surface area contributed by atoms with Gasteiger partial charge < -0.3 is 15.4 Å². The average Bonchev–Trinajstić information content (AvgIpc) is 3.19. The first-order chi connectivity index (χ1) is 13.1. The summed E-state index contributed by atoms with van der Waals surface area (Å²) in [7, 11) is 3.22. The Morgan fingerprint density at radius 3 is 2.89 bits per heavy atom. The van der Waals surface area contributed by atoms with Gasteiger partial charge in [0.05, 0.1) is 18.1 Å². The fourth-order valence-electron chi connectivity index (χ4n) is 3.80. The summed E-state index contributed by atoms with van der Waals surface area (Å²) in [6.07, 6.45) is 8.23. The molecule has 0 saturated heterocycles. The number of halogens is 1. The summed E-state index contributed by atoms with van der Waals surface area (Å²) >= 11 is 0. The fourth-order valence-corrected chi connectivity index (χ4v) is 3.80. The van der Waals surface area contributed by atoms with E-state index < -0.39 is 11.4 Å². The van der Waals surface area contributed by atoms with Crippen LogP contribution in [0, 0.1) is 0 Å². The number of fused-ring (bicyclic) bond motifs is 3. The molecular weight excluding hydrogens is 380 g/mol. The van der Waals surface area contributed by atoms with Crippen LogP contribution in [-0.4, -0.2) is 42.5 Å². The van der Waals surface area contributed by atoms with Gasteiger partial charge in [-0.25, -0.2) is 9.78 Å². The molecule has 0 saturated carbocycles. The van der Waals surface area contributed by atoms with E-state index in [4.69, 9.17) is 4.74 Å². The van der Waals surface area contributed by atoms with Gasteiger partial charge in [-0.3, -0.25) is 9.78 Å². The molecule has 2 aromatic rings. The summed E-state index contributed by atoms with van der Waals surface area (Å²) in [4.78, 5) is 33.5. The van der Waals surface area contributed by atoms with E-state index in [9.17, 15) is 9.59 Å². The number of aromatic nitrogens is 2. The van der Waals surface area contributed by atoms with Crippen LogP contribution in [0.3, 0.4) is 0 Å². The maximum atomic E-state index is 12.9. The zero-order chi connectivity index (χ0) is 19.0. The second-order valence-corrected chi connectivity index (χ2v) is 6.84. The monoisotopic (exact) mass is 400 g/mol. The Balaban J connectivity index is 0.00000225. The highest BCUT2D eigenvalue weighted by Crippen LogP contribution is 2.46. The second kappa shape index (κ2) is 7.69. The highest BCUT2D eigenvalue weighted by molar-refractivity contribution is 6.06. The average molecular weight is 401 g/mol. The summed E-state index contributed by atoms with van der Waals surface area (Å²) in [5.74, 6) is 0.104. The zero-order valence-corrected chi connectivity index (χ0v) is 16.4. The highest BCUT2D eigenvalue weighted by Gasteiger charge is 2.51. The predicted molar refractivity (Wildman–Crippen MR) is 108 cm³/mol. The summed E-state index contributed by atoms with van der Waals surface area (Å²) < 4.78 is 4.77. The van der Waals surface area contributed by atoms with Crippen LogP contribution in [0.1, 0.15) is 32.7 Å². The molecule has 0 bridgehead atoms. The van der Waals surface area contributed by atoms with E-state index in [-0.39, 0.29) is 18.3 Å². The molecule has 7 nitrogen and oxygen atoms in total. The lowest BCUT2D eigenvalue weighted by Gasteiger charge is -2.20. The first-order valence-corrected chi connectivity index (χ1v) is 8.76. The minimum atomic E-state index is -0.723. The fraction of sp³-hybridized carbons (Fsp3) is 0.300. The molecule has 1 aliphatic heterocycles. The summed E-state index contributed by atoms with van der Waals surface area (Å²) in [6.45, 7) is 0.755. The Hall–Kier alpha value is -2.77. The van der Waals surface area contributed by atoms with E-state index in [1.54, 1.807) is 12.3 Å². The third-order valence-corrected chi connectivity index (χ3v) is 5.17. The molecule has 1 atom stereocenters. The first kappa shape index (κ1) is 20.0. The molecule has 8 heteroatoms. The zero-order valence-electron chi connectivity index (χ0n) is 15.6. The minimum absolute atomic E-state index is 0. The van der Waals surface area contributed by atoms with E-state index in [1.807, 2.05) is 25.3 Å². The highest BCUT2D eigenvalue weighted by atomic mass is 35.5. The van der Waals surface area contributed by atoms with Gasteiger partial charge in [0, 0.05) is 36.6 Å². The molecule has 0 fully saturated rings. The van der Waals surface area contributed by atoms with Gasteiger partial charge in [-0.2, -0.15) is 0 Å². The Morgan fingerprint density at radius 1 is 1.32 bits per heavy atom. The second-order valence-electron chi connectivity index (χ2n) is 6.84. The summed E-state index contributed by atoms with van der Waals surface area (Å²) in [6, 6.07) is 3.79. The molecule has 28 heavy (non-hydrogen) atoms. The van der Waals surface area contributed by atoms with Crippen molar-refractivity contribution in [2.75, 3.05) is 26.0 Å². The van der Waals surface area contributed by atoms with Crippen LogP contribution in [0.15, 0.2) is 30.6 Å². The molecule has 1 spiro atoms. The molecule has 0 radical (unpaired) electrons. The number of hydrogen-bond acceptors (Lipinski definition) is 6. The Labute approximate surface area is 169 Å². The maximum Gasteiger partial charge on any atom is 0.339 e. The number of nitrogens with zero attached hydrogens (tertiary/aromatic N) is 2. The van der Waals surface area contributed by atoms with E-state index in [0.29, 0.717) is 24.2 Å². The Morgan fingerprint density at radius 2 is 2.14 bits per heavy atom. The van der Waals surface area contributed by atoms with Crippen LogP contribution in [0.5, 0.6) is 0 Å². The molecule has 0 unspecified atom stereocenters. The van der Waals surface area contributed by atoms with Gasteiger partial charge in [0.15, 0.2) is 0 Å². The van der Waals surface area contributed by atoms with Gasteiger partial charge in [-0.05, 0) is 36.7 Å². The van der Waals surface area contributed by atoms with E-state index in [2.05, 4.69) is 20.6 Å². The summed E-state index contributed by atoms with van der Waals surface area (Å²) in [5.41, 5.74) is 3.24. The number of carbonyl (C=O) groups excluding carboxylic acids is 2. The molecule has 4 rings (SSSR count). The number of rotatable bonds is 4. The van der Waals surface area contributed by atoms with Gasteiger partial charge in [-0.15, -0.1) is 12.4 Å². The Bertz CT molecular complexity index is 976. The lowest BCUT2D eigenvalue weighted by Crippen LogP contribution is -2.35. The van der Waals surface area contributed by atoms with Crippen molar-refractivity contribution >= 4 is 36.2 Å². The largest absolute Gasteiger partial charge is 0.465 e. The van der Waals surface area contributed by atoms with Gasteiger partial charge in [-0.1, -0.05) is 12.2 Å². The molecule has 1 aliphatic carbocycles. The van der Waals surface area contributed by atoms with Crippen molar-refractivity contribution in [3.05, 3.63) is 58.6 Å². The molecule has 3 heterocycles. The molecule has 2 aliphatic rings. The number of carbonyl (C=O) groups is 2. The molecule has 2 aromatic heterocycles. The number of nitrogens with one attached hydrogen (secondary N) is 2. The van der Waals surface area contributed by atoms with Gasteiger partial charge in [0.2, 0.25) is 5.91 Å². The first-order valence-electron chi connectivity index (χ1n) is 8.76. The van der Waals surface area contributed by atoms with E-state index in [0.717, 1.165) is 28.9 Å². The van der Waals surface area contributed by atoms with Crippen LogP contribution in [0.25, 0.3) is 6.08 Å². The lowest BCUT2D eigenvalue weighted by atomic mass is 9.79. The van der Waals surface area contributed by atoms with Crippen molar-refractivity contribution in [1.29, 1.82) is 0 Å². The van der Waals surface area contributed by atoms with Gasteiger partial charge in [0.1, 0.15) is 5.82 Å². The molecular formula is C20H21ClN4O3. The normalized spacial score (nSPS) is 19.3. The third-order valence-electron chi connectivity index (χ3n) is 5.17. The minimum Gasteiger partial charge on any atom is -0.465 e. The quantitative estimate of drug-likeness (QED) is 0.761. The number of esters is 1. The number of likely N-dealkylation sites (N-methyl/N-ethyl adjacent to an activating group) is 1. The van der Waals surface area contributed by atoms with Crippen LogP contribution < -0.4 is 10.6 Å². The lowest BCUT2D eigenvalue weighted by molar-refractivity contribution is -0.120. The van der Waals surface area contributed by atoms with Crippen molar-refractivity contribution in [3.8, 4) is 0 Å². The van der Waals surface area contributed by atoms with E-state index in [1.165, 1.54) is 13.3 Å². The van der Waals surface area contributed by atoms with Crippen molar-refractivity contribution in [2.45, 2.75) is 18.3 Å². The summed E-state index contributed by atoms with van der Waals surface area (Å²) in [5, 5.41) is 5.96. The van der Waals surface area contributed by atoms with Crippen LogP contribution in [-0.2, 0) is 27.8 Å². The van der Waals surface area contributed by atoms with Crippen molar-refractivity contribution in [1.82, 2.24) is 15.3 Å². The van der Waals surface area contributed by atoms with Crippen LogP contribution >= 0.6 is 12.4 Å². The SMILES string of the molecule is CNC/C=C/c1cnc2c(c1)[C@@]1(Cc3cc(C(=O)OC)cnc3C1)C(=O)N2.Cl. The predicted octanol–water partition coefficient (Wildman–Crippen LogP) is 1.91. The van der Waals surface area contributed by atoms with Crippen molar-refractivity contribution < 1.29 is 14.3 Å². The van der Waals surface area contributed by atoms with Crippen molar-refractivity contribution in [2.24, 2.45) is 0 Å². The standard InChI is InChI=1S/C20H20N4O3.ClH/c1-21-5-3-4-12-6-15-17(23-10-12)24-19(26)20(15)8-13-7-14(18(25)27-2)11-22-16(13)9-20;/h3-4,6-7,10-11,21H,5,8-9H2,1-2H3,(H,23,24,26);1H/b4-3+;/t20-;/m0./s1. The van der Waals surface area contributed by atoms with Gasteiger partial charge >= 0.3 is 5.97 Å². The molecule has 146 valence electrons. The number of anilines is 1. The van der Waals surface area contributed by atoms with Crippen LogP contribution in [0.4, 0.5) is 5.82 Å². The molecule has 2 N–H and O–H groups in total.